The van der Waals surface area contributed by atoms with Crippen molar-refractivity contribution < 1.29 is 29.0 Å². The molecular weight excluding hydrogens is 475 g/mol. The third kappa shape index (κ3) is 3.45. The second kappa shape index (κ2) is 8.65. The van der Waals surface area contributed by atoms with Crippen LogP contribution in [0.3, 0.4) is 0 Å². The Kier molecular flexibility index (Phi) is 5.64. The summed E-state index contributed by atoms with van der Waals surface area (Å²) in [5, 5.41) is 20.7. The summed E-state index contributed by atoms with van der Waals surface area (Å²) in [7, 11) is 0. The predicted molar refractivity (Wildman–Crippen MR) is 134 cm³/mol. The van der Waals surface area contributed by atoms with Crippen molar-refractivity contribution in [2.45, 2.75) is 82.0 Å². The molecule has 0 bridgehead atoms. The Bertz CT molecular complexity index is 1270. The van der Waals surface area contributed by atoms with Gasteiger partial charge in [-0.3, -0.25) is 14.5 Å². The largest absolute Gasteiger partial charge is 0.521 e. The van der Waals surface area contributed by atoms with E-state index in [1.807, 2.05) is 24.3 Å². The molecular formula is C29H32FN2O5+. The lowest BCUT2D eigenvalue weighted by molar-refractivity contribution is -0.157. The van der Waals surface area contributed by atoms with Crippen molar-refractivity contribution in [1.82, 2.24) is 9.38 Å². The zero-order valence-corrected chi connectivity index (χ0v) is 20.7. The molecule has 0 saturated heterocycles. The summed E-state index contributed by atoms with van der Waals surface area (Å²) in [5.74, 6) is -1.94. The first-order valence-corrected chi connectivity index (χ1v) is 13.3. The van der Waals surface area contributed by atoms with E-state index in [4.69, 9.17) is 0 Å². The van der Waals surface area contributed by atoms with Gasteiger partial charge in [-0.15, -0.1) is 0 Å². The molecule has 0 radical (unpaired) electrons. The SMILES string of the molecule is O=C(O)CCC(=O)N(C1CC1)[C@@]12CCC[C@@H]1Cc1ccc(F)cc1[N@@+]2(C(=O)O)C1Cc2ccccc2C1. The van der Waals surface area contributed by atoms with E-state index in [9.17, 15) is 29.0 Å². The van der Waals surface area contributed by atoms with Gasteiger partial charge < -0.3 is 10.2 Å². The molecule has 4 aliphatic rings. The number of hydrogen-bond donors (Lipinski definition) is 2. The molecule has 7 nitrogen and oxygen atoms in total. The molecule has 3 atom stereocenters. The van der Waals surface area contributed by atoms with E-state index >= 15 is 0 Å². The molecule has 0 spiro atoms. The maximum atomic E-state index is 14.9. The first-order valence-electron chi connectivity index (χ1n) is 13.3. The minimum atomic E-state index is -1.09. The minimum absolute atomic E-state index is 0.111. The van der Waals surface area contributed by atoms with Crippen LogP contribution in [0.1, 0.15) is 61.6 Å². The van der Waals surface area contributed by atoms with Gasteiger partial charge >= 0.3 is 12.1 Å². The summed E-state index contributed by atoms with van der Waals surface area (Å²) in [6.45, 7) is 0. The van der Waals surface area contributed by atoms with E-state index in [1.54, 1.807) is 11.0 Å². The molecule has 2 N–H and O–H groups in total. The Balaban J connectivity index is 1.60. The molecule has 194 valence electrons. The average Bonchev–Trinajstić information content (AvgIpc) is 3.44. The van der Waals surface area contributed by atoms with Gasteiger partial charge in [0.25, 0.3) is 0 Å². The highest BCUT2D eigenvalue weighted by molar-refractivity contribution is 5.89. The van der Waals surface area contributed by atoms with E-state index in [1.165, 1.54) is 12.1 Å². The van der Waals surface area contributed by atoms with Gasteiger partial charge in [0.1, 0.15) is 11.9 Å². The first kappa shape index (κ1) is 24.1. The molecule has 37 heavy (non-hydrogen) atoms. The van der Waals surface area contributed by atoms with Crippen LogP contribution in [0.15, 0.2) is 42.5 Å². The second-order valence-electron chi connectivity index (χ2n) is 11.2. The standard InChI is InChI=1S/C29H31FN2O5/c30-22-8-7-20-14-21-6-3-13-29(21,31(23-9-10-23)26(33)11-12-27(34)35)32(28(36)37,25(20)17-22)24-15-18-4-1-2-5-19(18)16-24/h1-2,4-5,7-8,17,21,23-24H,3,6,9-16H2,(H-,34,35,36,37)/p+1/t21-,29-,32-/m1/s1. The van der Waals surface area contributed by atoms with Gasteiger partial charge in [-0.1, -0.05) is 30.3 Å². The Morgan fingerprint density at radius 3 is 2.27 bits per heavy atom. The highest BCUT2D eigenvalue weighted by atomic mass is 19.1. The molecule has 2 aromatic rings. The number of rotatable bonds is 6. The van der Waals surface area contributed by atoms with Crippen LogP contribution in [0.25, 0.3) is 0 Å². The number of amides is 2. The van der Waals surface area contributed by atoms with Crippen LogP contribution in [-0.4, -0.2) is 50.8 Å². The van der Waals surface area contributed by atoms with Crippen molar-refractivity contribution in [3.63, 3.8) is 0 Å². The molecule has 1 heterocycles. The Morgan fingerprint density at radius 1 is 0.946 bits per heavy atom. The van der Waals surface area contributed by atoms with Crippen LogP contribution in [0.2, 0.25) is 0 Å². The lowest BCUT2D eigenvalue weighted by Gasteiger charge is -2.59. The van der Waals surface area contributed by atoms with Gasteiger partial charge in [-0.2, -0.15) is 9.28 Å². The third-order valence-corrected chi connectivity index (χ3v) is 9.29. The van der Waals surface area contributed by atoms with Gasteiger partial charge in [-0.25, -0.2) is 4.39 Å². The lowest BCUT2D eigenvalue weighted by Crippen LogP contribution is -2.82. The molecule has 8 heteroatoms. The monoisotopic (exact) mass is 507 g/mol. The zero-order valence-electron chi connectivity index (χ0n) is 20.7. The molecule has 2 fully saturated rings. The maximum absolute atomic E-state index is 14.9. The van der Waals surface area contributed by atoms with Crippen molar-refractivity contribution >= 4 is 23.7 Å². The zero-order chi connectivity index (χ0) is 25.9. The van der Waals surface area contributed by atoms with Gasteiger partial charge in [0.2, 0.25) is 5.91 Å². The predicted octanol–water partition coefficient (Wildman–Crippen LogP) is 4.89. The lowest BCUT2D eigenvalue weighted by atomic mass is 9.76. The summed E-state index contributed by atoms with van der Waals surface area (Å²) in [5.41, 5.74) is 2.37. The summed E-state index contributed by atoms with van der Waals surface area (Å²) < 4.78 is 14.4. The fourth-order valence-corrected chi connectivity index (χ4v) is 7.92. The van der Waals surface area contributed by atoms with Crippen LogP contribution in [0.4, 0.5) is 14.9 Å². The molecule has 2 amide bonds. The highest BCUT2D eigenvalue weighted by Gasteiger charge is 2.74. The van der Waals surface area contributed by atoms with E-state index < -0.39 is 34.1 Å². The van der Waals surface area contributed by atoms with E-state index in [2.05, 4.69) is 0 Å². The van der Waals surface area contributed by atoms with Crippen LogP contribution in [0, 0.1) is 11.7 Å². The summed E-state index contributed by atoms with van der Waals surface area (Å²) in [6, 6.07) is 11.9. The minimum Gasteiger partial charge on any atom is -0.481 e. The number of nitrogens with zero attached hydrogens (tertiary/aromatic N) is 2. The molecule has 2 aromatic carbocycles. The normalized spacial score (nSPS) is 28.3. The van der Waals surface area contributed by atoms with E-state index in [0.717, 1.165) is 42.4 Å². The molecule has 6 rings (SSSR count). The Morgan fingerprint density at radius 2 is 1.65 bits per heavy atom. The first-order chi connectivity index (χ1) is 17.8. The summed E-state index contributed by atoms with van der Waals surface area (Å²) >= 11 is 0. The van der Waals surface area contributed by atoms with Gasteiger partial charge in [0.05, 0.1) is 6.42 Å². The van der Waals surface area contributed by atoms with Gasteiger partial charge in [0.15, 0.2) is 11.4 Å². The molecule has 0 unspecified atom stereocenters. The summed E-state index contributed by atoms with van der Waals surface area (Å²) in [6.07, 6.45) is 3.69. The summed E-state index contributed by atoms with van der Waals surface area (Å²) in [4.78, 5) is 40.9. The van der Waals surface area contributed by atoms with Crippen LogP contribution in [0.5, 0.6) is 0 Å². The third-order valence-electron chi connectivity index (χ3n) is 9.29. The van der Waals surface area contributed by atoms with Crippen LogP contribution < -0.4 is 4.48 Å². The number of carbonyl (C=O) groups excluding carboxylic acids is 1. The quantitative estimate of drug-likeness (QED) is 0.543. The number of carbonyl (C=O) groups is 3. The fraction of sp³-hybridized carbons (Fsp3) is 0.483. The van der Waals surface area contributed by atoms with Crippen LogP contribution >= 0.6 is 0 Å². The van der Waals surface area contributed by atoms with Crippen molar-refractivity contribution in [3.05, 3.63) is 65.0 Å². The van der Waals surface area contributed by atoms with Gasteiger partial charge in [-0.05, 0) is 49.3 Å². The molecule has 1 aliphatic heterocycles. The van der Waals surface area contributed by atoms with Crippen molar-refractivity contribution in [2.24, 2.45) is 5.92 Å². The highest BCUT2D eigenvalue weighted by Crippen LogP contribution is 2.60. The fourth-order valence-electron chi connectivity index (χ4n) is 7.92. The number of fused-ring (bicyclic) bond motifs is 3. The van der Waals surface area contributed by atoms with Gasteiger partial charge in [0, 0.05) is 49.3 Å². The Labute approximate surface area is 215 Å². The number of halogens is 1. The van der Waals surface area contributed by atoms with Crippen molar-refractivity contribution in [2.75, 3.05) is 0 Å². The number of benzene rings is 2. The number of quaternary nitrogens is 1. The number of carboxylic acid groups (broad SMARTS) is 2. The smallest absolute Gasteiger partial charge is 0.481 e. The van der Waals surface area contributed by atoms with Crippen molar-refractivity contribution in [1.29, 1.82) is 0 Å². The van der Waals surface area contributed by atoms with Crippen LogP contribution in [-0.2, 0) is 28.9 Å². The molecule has 2 saturated carbocycles. The number of hydrogen-bond acceptors (Lipinski definition) is 3. The van der Waals surface area contributed by atoms with E-state index in [-0.39, 0.29) is 30.7 Å². The topological polar surface area (TPSA) is 94.9 Å². The maximum Gasteiger partial charge on any atom is 0.521 e. The number of carboxylic acids is 1. The Hall–Kier alpha value is -3.26. The number of aliphatic carboxylic acids is 1. The van der Waals surface area contributed by atoms with Crippen molar-refractivity contribution in [3.8, 4) is 0 Å². The molecule has 3 aliphatic carbocycles. The molecule has 0 aromatic heterocycles. The van der Waals surface area contributed by atoms with E-state index in [0.29, 0.717) is 31.4 Å². The second-order valence-corrected chi connectivity index (χ2v) is 11.2. The average molecular weight is 508 g/mol.